The van der Waals surface area contributed by atoms with Crippen molar-refractivity contribution >= 4 is 11.8 Å². The maximum Gasteiger partial charge on any atom is 0.0637 e. The van der Waals surface area contributed by atoms with Gasteiger partial charge in [-0.25, -0.2) is 0 Å². The number of thioether (sulfide) groups is 1. The zero-order valence-corrected chi connectivity index (χ0v) is 8.77. The molecule has 0 aromatic heterocycles. The van der Waals surface area contributed by atoms with Crippen LogP contribution in [0.15, 0.2) is 23.1 Å². The summed E-state index contributed by atoms with van der Waals surface area (Å²) in [5.41, 5.74) is 2.71. The molecule has 1 aromatic rings. The van der Waals surface area contributed by atoms with Gasteiger partial charge in [0.15, 0.2) is 0 Å². The van der Waals surface area contributed by atoms with Crippen LogP contribution in [0.5, 0.6) is 0 Å². The zero-order chi connectivity index (χ0) is 9.42. The van der Waals surface area contributed by atoms with Crippen LogP contribution < -0.4 is 0 Å². The van der Waals surface area contributed by atoms with Crippen molar-refractivity contribution in [3.63, 3.8) is 0 Å². The largest absolute Gasteiger partial charge is 0.392 e. The highest BCUT2D eigenvalue weighted by atomic mass is 32.2. The van der Waals surface area contributed by atoms with Crippen molar-refractivity contribution in [3.8, 4) is 0 Å². The molecule has 2 rings (SSSR count). The third-order valence-electron chi connectivity index (χ3n) is 2.45. The molecule has 70 valence electrons. The van der Waals surface area contributed by atoms with E-state index >= 15 is 0 Å². The predicted molar refractivity (Wildman–Crippen MR) is 56.2 cm³/mol. The quantitative estimate of drug-likeness (QED) is 0.740. The number of benzene rings is 1. The Morgan fingerprint density at radius 1 is 1.54 bits per heavy atom. The highest BCUT2D eigenvalue weighted by molar-refractivity contribution is 8.00. The van der Waals surface area contributed by atoms with Crippen molar-refractivity contribution in [2.45, 2.75) is 36.5 Å². The van der Waals surface area contributed by atoms with E-state index in [0.29, 0.717) is 5.25 Å². The molecule has 1 heterocycles. The molecule has 0 fully saturated rings. The summed E-state index contributed by atoms with van der Waals surface area (Å²) in [6.07, 6.45) is 0.803. The molecule has 0 saturated carbocycles. The van der Waals surface area contributed by atoms with Crippen molar-refractivity contribution < 1.29 is 5.11 Å². The van der Waals surface area contributed by atoms with Crippen molar-refractivity contribution in [1.82, 2.24) is 0 Å². The lowest BCUT2D eigenvalue weighted by Gasteiger charge is -2.10. The number of hydrogen-bond donors (Lipinski definition) is 1. The first-order chi connectivity index (χ1) is 6.16. The first-order valence-corrected chi connectivity index (χ1v) is 5.49. The summed E-state index contributed by atoms with van der Waals surface area (Å²) in [4.78, 5) is 1.34. The molecule has 2 atom stereocenters. The molecular weight excluding hydrogens is 180 g/mol. The van der Waals surface area contributed by atoms with Gasteiger partial charge < -0.3 is 5.11 Å². The Hall–Kier alpha value is -0.470. The van der Waals surface area contributed by atoms with E-state index in [-0.39, 0.29) is 6.10 Å². The molecule has 0 bridgehead atoms. The van der Waals surface area contributed by atoms with E-state index in [0.717, 1.165) is 6.42 Å². The Morgan fingerprint density at radius 2 is 2.31 bits per heavy atom. The number of fused-ring (bicyclic) bond motifs is 1. The molecular formula is C11H14OS. The van der Waals surface area contributed by atoms with Gasteiger partial charge in [-0.15, -0.1) is 11.8 Å². The smallest absolute Gasteiger partial charge is 0.0637 e. The fourth-order valence-electron chi connectivity index (χ4n) is 1.67. The number of rotatable bonds is 1. The van der Waals surface area contributed by atoms with Crippen LogP contribution in [0.4, 0.5) is 0 Å². The monoisotopic (exact) mass is 194 g/mol. The molecule has 0 amide bonds. The van der Waals surface area contributed by atoms with Gasteiger partial charge in [-0.2, -0.15) is 0 Å². The summed E-state index contributed by atoms with van der Waals surface area (Å²) in [7, 11) is 0. The average molecular weight is 194 g/mol. The standard InChI is InChI=1S/C11H14OS/c1-7-3-4-10-9(5-7)6-11(13-10)8(2)12/h3-5,8,11-12H,6H2,1-2H3. The number of aliphatic hydroxyl groups is 1. The number of aliphatic hydroxyl groups excluding tert-OH is 1. The van der Waals surface area contributed by atoms with Crippen molar-refractivity contribution in [1.29, 1.82) is 0 Å². The second-order valence-electron chi connectivity index (χ2n) is 3.71. The van der Waals surface area contributed by atoms with Crippen LogP contribution in [0.2, 0.25) is 0 Å². The van der Waals surface area contributed by atoms with Crippen molar-refractivity contribution in [2.24, 2.45) is 0 Å². The summed E-state index contributed by atoms with van der Waals surface area (Å²) >= 11 is 1.80. The Balaban J connectivity index is 2.25. The van der Waals surface area contributed by atoms with Crippen LogP contribution in [-0.2, 0) is 6.42 Å². The molecule has 0 spiro atoms. The summed E-state index contributed by atoms with van der Waals surface area (Å²) in [6, 6.07) is 6.53. The van der Waals surface area contributed by atoms with Crippen LogP contribution in [0.1, 0.15) is 18.1 Å². The number of hydrogen-bond acceptors (Lipinski definition) is 2. The molecule has 0 aliphatic carbocycles. The molecule has 0 radical (unpaired) electrons. The Labute approximate surface area is 83.2 Å². The van der Waals surface area contributed by atoms with E-state index in [4.69, 9.17) is 0 Å². The Kier molecular flexibility index (Phi) is 2.35. The summed E-state index contributed by atoms with van der Waals surface area (Å²) < 4.78 is 0. The minimum Gasteiger partial charge on any atom is -0.392 e. The van der Waals surface area contributed by atoms with Crippen molar-refractivity contribution in [2.75, 3.05) is 0 Å². The molecule has 1 nitrogen and oxygen atoms in total. The minimum absolute atomic E-state index is 0.210. The first kappa shape index (κ1) is 9.10. The first-order valence-electron chi connectivity index (χ1n) is 4.61. The third kappa shape index (κ3) is 1.74. The molecule has 1 aromatic carbocycles. The van der Waals surface area contributed by atoms with E-state index in [2.05, 4.69) is 25.1 Å². The molecule has 0 saturated heterocycles. The van der Waals surface area contributed by atoms with E-state index in [1.165, 1.54) is 16.0 Å². The lowest BCUT2D eigenvalue weighted by Crippen LogP contribution is -2.17. The van der Waals surface area contributed by atoms with Gasteiger partial charge in [0.1, 0.15) is 0 Å². The fourth-order valence-corrected chi connectivity index (χ4v) is 2.90. The van der Waals surface area contributed by atoms with Gasteiger partial charge in [0.2, 0.25) is 0 Å². The van der Waals surface area contributed by atoms with Crippen LogP contribution >= 0.6 is 11.8 Å². The van der Waals surface area contributed by atoms with E-state index in [1.54, 1.807) is 11.8 Å². The maximum atomic E-state index is 9.47. The molecule has 1 N–H and O–H groups in total. The molecule has 2 unspecified atom stereocenters. The van der Waals surface area contributed by atoms with Gasteiger partial charge in [0.05, 0.1) is 6.10 Å². The van der Waals surface area contributed by atoms with Gasteiger partial charge in [-0.05, 0) is 31.9 Å². The normalized spacial score (nSPS) is 22.8. The SMILES string of the molecule is Cc1ccc2c(c1)CC(C(C)O)S2. The molecule has 2 heteroatoms. The van der Waals surface area contributed by atoms with Crippen LogP contribution in [0.25, 0.3) is 0 Å². The van der Waals surface area contributed by atoms with Gasteiger partial charge >= 0.3 is 0 Å². The lowest BCUT2D eigenvalue weighted by atomic mass is 10.1. The second-order valence-corrected chi connectivity index (χ2v) is 4.99. The van der Waals surface area contributed by atoms with Crippen LogP contribution in [0.3, 0.4) is 0 Å². The zero-order valence-electron chi connectivity index (χ0n) is 7.95. The van der Waals surface area contributed by atoms with Crippen LogP contribution in [-0.4, -0.2) is 16.5 Å². The Bertz CT molecular complexity index is 320. The van der Waals surface area contributed by atoms with Crippen molar-refractivity contribution in [3.05, 3.63) is 29.3 Å². The lowest BCUT2D eigenvalue weighted by molar-refractivity contribution is 0.192. The topological polar surface area (TPSA) is 20.2 Å². The second kappa shape index (κ2) is 3.35. The predicted octanol–water partition coefficient (Wildman–Crippen LogP) is 2.39. The third-order valence-corrected chi connectivity index (χ3v) is 3.97. The minimum atomic E-state index is -0.210. The molecule has 13 heavy (non-hydrogen) atoms. The number of aryl methyl sites for hydroxylation is 1. The summed E-state index contributed by atoms with van der Waals surface area (Å²) in [5, 5.41) is 9.83. The van der Waals surface area contributed by atoms with Crippen LogP contribution in [0, 0.1) is 6.92 Å². The summed E-state index contributed by atoms with van der Waals surface area (Å²) in [6.45, 7) is 3.98. The van der Waals surface area contributed by atoms with Gasteiger partial charge in [0, 0.05) is 10.1 Å². The Morgan fingerprint density at radius 3 is 3.00 bits per heavy atom. The average Bonchev–Trinajstić information content (AvgIpc) is 2.46. The van der Waals surface area contributed by atoms with E-state index in [9.17, 15) is 5.11 Å². The fraction of sp³-hybridized carbons (Fsp3) is 0.455. The highest BCUT2D eigenvalue weighted by Gasteiger charge is 2.25. The van der Waals surface area contributed by atoms with E-state index < -0.39 is 0 Å². The van der Waals surface area contributed by atoms with Gasteiger partial charge in [0.25, 0.3) is 0 Å². The summed E-state index contributed by atoms with van der Waals surface area (Å²) in [5.74, 6) is 0. The molecule has 1 aliphatic rings. The van der Waals surface area contributed by atoms with Gasteiger partial charge in [-0.3, -0.25) is 0 Å². The van der Waals surface area contributed by atoms with Gasteiger partial charge in [-0.1, -0.05) is 17.7 Å². The van der Waals surface area contributed by atoms with E-state index in [1.807, 2.05) is 6.92 Å². The highest BCUT2D eigenvalue weighted by Crippen LogP contribution is 2.38. The maximum absolute atomic E-state index is 9.47. The molecule has 1 aliphatic heterocycles.